The van der Waals surface area contributed by atoms with Crippen molar-refractivity contribution in [2.75, 3.05) is 26.2 Å². The van der Waals surface area contributed by atoms with Crippen LogP contribution in [0.1, 0.15) is 16.8 Å². The maximum Gasteiger partial charge on any atom is 0.409 e. The lowest BCUT2D eigenvalue weighted by atomic mass is 10.2. The van der Waals surface area contributed by atoms with E-state index in [2.05, 4.69) is 10.3 Å². The fourth-order valence-corrected chi connectivity index (χ4v) is 1.71. The summed E-state index contributed by atoms with van der Waals surface area (Å²) in [6.45, 7) is 2.24. The molecule has 1 aliphatic rings. The summed E-state index contributed by atoms with van der Waals surface area (Å²) < 4.78 is 4.81. The van der Waals surface area contributed by atoms with Gasteiger partial charge < -0.3 is 15.0 Å². The van der Waals surface area contributed by atoms with Gasteiger partial charge in [0.2, 0.25) is 0 Å². The van der Waals surface area contributed by atoms with Gasteiger partial charge in [-0.3, -0.25) is 9.78 Å². The molecule has 0 aliphatic carbocycles. The molecular weight excluding hydrogens is 234 g/mol. The quantitative estimate of drug-likeness (QED) is 0.778. The summed E-state index contributed by atoms with van der Waals surface area (Å²) >= 11 is 0. The highest BCUT2D eigenvalue weighted by atomic mass is 16.6. The second-order valence-corrected chi connectivity index (χ2v) is 3.95. The Bertz CT molecular complexity index is 422. The molecule has 0 aromatic carbocycles. The lowest BCUT2D eigenvalue weighted by Gasteiger charge is -2.12. The van der Waals surface area contributed by atoms with Crippen LogP contribution in [0.4, 0.5) is 4.79 Å². The predicted molar refractivity (Wildman–Crippen MR) is 64.1 cm³/mol. The molecule has 0 atom stereocenters. The molecule has 6 nitrogen and oxygen atoms in total. The number of ether oxygens (including phenoxy) is 1. The third kappa shape index (κ3) is 3.19. The minimum absolute atomic E-state index is 0.124. The summed E-state index contributed by atoms with van der Waals surface area (Å²) in [6.07, 6.45) is 3.60. The topological polar surface area (TPSA) is 71.5 Å². The first-order chi connectivity index (χ1) is 8.77. The molecule has 2 rings (SSSR count). The van der Waals surface area contributed by atoms with Gasteiger partial charge in [0.1, 0.15) is 6.61 Å². The molecule has 0 spiro atoms. The van der Waals surface area contributed by atoms with E-state index in [0.717, 1.165) is 0 Å². The van der Waals surface area contributed by atoms with Crippen molar-refractivity contribution in [3.05, 3.63) is 30.1 Å². The first-order valence-corrected chi connectivity index (χ1v) is 5.87. The number of pyridine rings is 1. The molecule has 2 heterocycles. The third-order valence-electron chi connectivity index (χ3n) is 2.68. The molecule has 0 unspecified atom stereocenters. The summed E-state index contributed by atoms with van der Waals surface area (Å²) in [5, 5.41) is 2.79. The smallest absolute Gasteiger partial charge is 0.409 e. The molecule has 18 heavy (non-hydrogen) atoms. The van der Waals surface area contributed by atoms with Gasteiger partial charge in [-0.15, -0.1) is 0 Å². The number of carbonyl (C=O) groups is 2. The zero-order valence-corrected chi connectivity index (χ0v) is 9.96. The molecule has 0 saturated carbocycles. The zero-order chi connectivity index (χ0) is 12.8. The van der Waals surface area contributed by atoms with E-state index in [1.54, 1.807) is 29.4 Å². The normalized spacial score (nSPS) is 14.4. The fourth-order valence-electron chi connectivity index (χ4n) is 1.71. The molecule has 96 valence electrons. The van der Waals surface area contributed by atoms with Crippen molar-refractivity contribution < 1.29 is 14.3 Å². The number of nitrogens with zero attached hydrogens (tertiary/aromatic N) is 2. The first kappa shape index (κ1) is 12.3. The molecule has 6 heteroatoms. The molecule has 2 amide bonds. The largest absolute Gasteiger partial charge is 0.448 e. The summed E-state index contributed by atoms with van der Waals surface area (Å²) in [5.74, 6) is -0.124. The molecule has 1 aromatic rings. The van der Waals surface area contributed by atoms with Gasteiger partial charge in [0, 0.05) is 31.0 Å². The highest BCUT2D eigenvalue weighted by molar-refractivity contribution is 5.93. The Hall–Kier alpha value is -2.11. The second kappa shape index (κ2) is 6.00. The van der Waals surface area contributed by atoms with Gasteiger partial charge in [0.15, 0.2) is 0 Å². The Morgan fingerprint density at radius 1 is 1.44 bits per heavy atom. The Morgan fingerprint density at radius 2 is 2.22 bits per heavy atom. The van der Waals surface area contributed by atoms with Gasteiger partial charge in [0.05, 0.1) is 6.54 Å². The molecule has 1 N–H and O–H groups in total. The van der Waals surface area contributed by atoms with E-state index >= 15 is 0 Å². The standard InChI is InChI=1S/C12H15N3O3/c16-11(10-2-5-13-6-3-10)14-4-1-7-15-8-9-18-12(15)17/h2-3,5-6H,1,4,7-9H2,(H,14,16). The molecule has 1 fully saturated rings. The number of carbonyl (C=O) groups excluding carboxylic acids is 2. The summed E-state index contributed by atoms with van der Waals surface area (Å²) in [6, 6.07) is 3.32. The zero-order valence-electron chi connectivity index (χ0n) is 9.96. The van der Waals surface area contributed by atoms with Crippen LogP contribution in [0, 0.1) is 0 Å². The van der Waals surface area contributed by atoms with Crippen LogP contribution in [0.3, 0.4) is 0 Å². The van der Waals surface area contributed by atoms with Crippen LogP contribution in [-0.4, -0.2) is 48.1 Å². The van der Waals surface area contributed by atoms with Crippen LogP contribution >= 0.6 is 0 Å². The van der Waals surface area contributed by atoms with E-state index in [9.17, 15) is 9.59 Å². The number of aromatic nitrogens is 1. The number of hydrogen-bond donors (Lipinski definition) is 1. The van der Waals surface area contributed by atoms with Gasteiger partial charge in [-0.1, -0.05) is 0 Å². The fraction of sp³-hybridized carbons (Fsp3) is 0.417. The van der Waals surface area contributed by atoms with Gasteiger partial charge in [-0.25, -0.2) is 4.79 Å². The average Bonchev–Trinajstić information content (AvgIpc) is 2.81. The monoisotopic (exact) mass is 249 g/mol. The highest BCUT2D eigenvalue weighted by Crippen LogP contribution is 2.03. The van der Waals surface area contributed by atoms with Crippen LogP contribution in [0.25, 0.3) is 0 Å². The SMILES string of the molecule is O=C(NCCCN1CCOC1=O)c1ccncc1. The molecule has 1 aliphatic heterocycles. The van der Waals surface area contributed by atoms with E-state index in [0.29, 0.717) is 38.2 Å². The van der Waals surface area contributed by atoms with Crippen molar-refractivity contribution in [3.63, 3.8) is 0 Å². The second-order valence-electron chi connectivity index (χ2n) is 3.95. The highest BCUT2D eigenvalue weighted by Gasteiger charge is 2.20. The number of rotatable bonds is 5. The van der Waals surface area contributed by atoms with Crippen molar-refractivity contribution in [3.8, 4) is 0 Å². The van der Waals surface area contributed by atoms with Gasteiger partial charge >= 0.3 is 6.09 Å². The Balaban J connectivity index is 1.66. The van der Waals surface area contributed by atoms with Crippen LogP contribution in [-0.2, 0) is 4.74 Å². The minimum Gasteiger partial charge on any atom is -0.448 e. The molecule has 1 saturated heterocycles. The molecule has 1 aromatic heterocycles. The third-order valence-corrected chi connectivity index (χ3v) is 2.68. The minimum atomic E-state index is -0.268. The van der Waals surface area contributed by atoms with Crippen molar-refractivity contribution in [1.82, 2.24) is 15.2 Å². The van der Waals surface area contributed by atoms with Crippen LogP contribution in [0.15, 0.2) is 24.5 Å². The van der Waals surface area contributed by atoms with Crippen molar-refractivity contribution >= 4 is 12.0 Å². The van der Waals surface area contributed by atoms with Crippen molar-refractivity contribution in [2.24, 2.45) is 0 Å². The van der Waals surface area contributed by atoms with Gasteiger partial charge in [-0.2, -0.15) is 0 Å². The summed E-state index contributed by atoms with van der Waals surface area (Å²) in [5.41, 5.74) is 0.589. The molecule has 0 bridgehead atoms. The van der Waals surface area contributed by atoms with E-state index in [1.165, 1.54) is 0 Å². The van der Waals surface area contributed by atoms with Crippen molar-refractivity contribution in [1.29, 1.82) is 0 Å². The summed E-state index contributed by atoms with van der Waals surface area (Å²) in [7, 11) is 0. The van der Waals surface area contributed by atoms with Crippen LogP contribution in [0.5, 0.6) is 0 Å². The Morgan fingerprint density at radius 3 is 2.89 bits per heavy atom. The lowest BCUT2D eigenvalue weighted by Crippen LogP contribution is -2.30. The first-order valence-electron chi connectivity index (χ1n) is 5.87. The van der Waals surface area contributed by atoms with Crippen LogP contribution < -0.4 is 5.32 Å². The van der Waals surface area contributed by atoms with E-state index in [-0.39, 0.29) is 12.0 Å². The maximum absolute atomic E-state index is 11.7. The lowest BCUT2D eigenvalue weighted by molar-refractivity contribution is 0.0952. The number of amides is 2. The van der Waals surface area contributed by atoms with Gasteiger partial charge in [0.25, 0.3) is 5.91 Å². The average molecular weight is 249 g/mol. The number of nitrogens with one attached hydrogen (secondary N) is 1. The number of cyclic esters (lactones) is 1. The molecule has 0 radical (unpaired) electrons. The Kier molecular flexibility index (Phi) is 4.11. The maximum atomic E-state index is 11.7. The van der Waals surface area contributed by atoms with E-state index in [4.69, 9.17) is 4.74 Å². The number of hydrogen-bond acceptors (Lipinski definition) is 4. The van der Waals surface area contributed by atoms with E-state index in [1.807, 2.05) is 0 Å². The molecular formula is C12H15N3O3. The van der Waals surface area contributed by atoms with Gasteiger partial charge in [-0.05, 0) is 18.6 Å². The van der Waals surface area contributed by atoms with E-state index < -0.39 is 0 Å². The van der Waals surface area contributed by atoms with Crippen LogP contribution in [0.2, 0.25) is 0 Å². The Labute approximate surface area is 105 Å². The summed E-state index contributed by atoms with van der Waals surface area (Å²) in [4.78, 5) is 28.3. The predicted octanol–water partition coefficient (Wildman–Crippen LogP) is 0.654. The van der Waals surface area contributed by atoms with Crippen molar-refractivity contribution in [2.45, 2.75) is 6.42 Å².